The van der Waals surface area contributed by atoms with E-state index in [0.717, 1.165) is 58.3 Å². The van der Waals surface area contributed by atoms with E-state index in [9.17, 15) is 4.79 Å². The van der Waals surface area contributed by atoms with Crippen molar-refractivity contribution in [1.82, 2.24) is 9.80 Å². The topological polar surface area (TPSA) is 23.6 Å². The van der Waals surface area contributed by atoms with Crippen LogP contribution in [0.25, 0.3) is 0 Å². The van der Waals surface area contributed by atoms with Crippen LogP contribution in [-0.4, -0.2) is 40.9 Å². The first-order valence-electron chi connectivity index (χ1n) is 9.70. The molecule has 24 heavy (non-hydrogen) atoms. The zero-order valence-electron chi connectivity index (χ0n) is 15.6. The maximum Gasteiger partial charge on any atom is 0.243 e. The van der Waals surface area contributed by atoms with Gasteiger partial charge in [0.05, 0.1) is 0 Å². The van der Waals surface area contributed by atoms with Crippen molar-refractivity contribution in [3.8, 4) is 0 Å². The van der Waals surface area contributed by atoms with Crippen LogP contribution in [0.1, 0.15) is 69.9 Å². The summed E-state index contributed by atoms with van der Waals surface area (Å²) in [6, 6.07) is 8.99. The monoisotopic (exact) mass is 328 g/mol. The number of likely N-dealkylation sites (tertiary alicyclic amines) is 2. The molecule has 0 saturated carbocycles. The summed E-state index contributed by atoms with van der Waals surface area (Å²) in [7, 11) is 0. The number of carbonyl (C=O) groups is 1. The second-order valence-corrected chi connectivity index (χ2v) is 7.85. The Balaban J connectivity index is 1.76. The number of hydrogen-bond donors (Lipinski definition) is 0. The zero-order chi connectivity index (χ0) is 17.2. The Morgan fingerprint density at radius 3 is 2.38 bits per heavy atom. The van der Waals surface area contributed by atoms with Crippen molar-refractivity contribution in [2.24, 2.45) is 0 Å². The molecule has 1 spiro atoms. The Bertz CT molecular complexity index is 564. The highest BCUT2D eigenvalue weighted by Gasteiger charge is 2.50. The molecule has 2 fully saturated rings. The van der Waals surface area contributed by atoms with E-state index in [1.54, 1.807) is 0 Å². The van der Waals surface area contributed by atoms with E-state index in [0.29, 0.717) is 11.8 Å². The third-order valence-corrected chi connectivity index (χ3v) is 5.84. The van der Waals surface area contributed by atoms with E-state index < -0.39 is 0 Å². The largest absolute Gasteiger partial charge is 0.341 e. The average Bonchev–Trinajstić information content (AvgIpc) is 2.96. The second kappa shape index (κ2) is 7.26. The zero-order valence-corrected chi connectivity index (χ0v) is 15.6. The lowest BCUT2D eigenvalue weighted by Gasteiger charge is -2.44. The Kier molecular flexibility index (Phi) is 5.29. The summed E-state index contributed by atoms with van der Waals surface area (Å²) >= 11 is 0. The minimum absolute atomic E-state index is 0.218. The third kappa shape index (κ3) is 3.23. The highest BCUT2D eigenvalue weighted by molar-refractivity contribution is 5.87. The normalized spacial score (nSPS) is 25.2. The number of hydrogen-bond acceptors (Lipinski definition) is 2. The standard InChI is InChI=1S/C21H32N2O/c1-4-13-22-14-5-11-21(20(22)24)12-6-15-23(21)16-18-7-9-19(10-8-18)17(2)3/h7-10,17H,4-6,11-16H2,1-3H3. The highest BCUT2D eigenvalue weighted by Crippen LogP contribution is 2.39. The molecule has 3 rings (SSSR count). The fourth-order valence-electron chi connectivity index (χ4n) is 4.47. The summed E-state index contributed by atoms with van der Waals surface area (Å²) in [6.07, 6.45) is 5.43. The molecule has 1 aromatic rings. The predicted octanol–water partition coefficient (Wildman–Crippen LogP) is 4.18. The number of carbonyl (C=O) groups excluding carboxylic acids is 1. The number of nitrogens with zero attached hydrogens (tertiary/aromatic N) is 2. The van der Waals surface area contributed by atoms with Gasteiger partial charge in [0.2, 0.25) is 5.91 Å². The molecule has 1 unspecified atom stereocenters. The Labute approximate surface area is 147 Å². The summed E-state index contributed by atoms with van der Waals surface area (Å²) in [4.78, 5) is 17.8. The molecule has 2 aliphatic heterocycles. The summed E-state index contributed by atoms with van der Waals surface area (Å²) in [6.45, 7) is 10.4. The maximum absolute atomic E-state index is 13.2. The summed E-state index contributed by atoms with van der Waals surface area (Å²) in [5.41, 5.74) is 2.50. The van der Waals surface area contributed by atoms with Crippen molar-refractivity contribution in [3.63, 3.8) is 0 Å². The third-order valence-electron chi connectivity index (χ3n) is 5.84. The molecule has 0 aromatic heterocycles. The van der Waals surface area contributed by atoms with Gasteiger partial charge in [-0.1, -0.05) is 45.0 Å². The number of rotatable bonds is 5. The van der Waals surface area contributed by atoms with Crippen molar-refractivity contribution >= 4 is 5.91 Å². The molecule has 0 N–H and O–H groups in total. The van der Waals surface area contributed by atoms with Crippen LogP contribution in [0.4, 0.5) is 0 Å². The van der Waals surface area contributed by atoms with Gasteiger partial charge < -0.3 is 4.90 Å². The van der Waals surface area contributed by atoms with E-state index >= 15 is 0 Å². The van der Waals surface area contributed by atoms with Crippen LogP contribution >= 0.6 is 0 Å². The molecular formula is C21H32N2O. The summed E-state index contributed by atoms with van der Waals surface area (Å²) < 4.78 is 0. The lowest BCUT2D eigenvalue weighted by molar-refractivity contribution is -0.147. The summed E-state index contributed by atoms with van der Waals surface area (Å²) in [5, 5.41) is 0. The Morgan fingerprint density at radius 1 is 1.08 bits per heavy atom. The Hall–Kier alpha value is -1.35. The van der Waals surface area contributed by atoms with Gasteiger partial charge in [0, 0.05) is 19.6 Å². The van der Waals surface area contributed by atoms with E-state index in [4.69, 9.17) is 0 Å². The molecule has 1 amide bonds. The molecule has 3 heteroatoms. The lowest BCUT2D eigenvalue weighted by atomic mass is 9.85. The van der Waals surface area contributed by atoms with Crippen LogP contribution in [0.5, 0.6) is 0 Å². The van der Waals surface area contributed by atoms with Crippen LogP contribution in [0, 0.1) is 0 Å². The number of piperidine rings is 1. The first-order chi connectivity index (χ1) is 11.6. The Morgan fingerprint density at radius 2 is 1.75 bits per heavy atom. The minimum atomic E-state index is -0.218. The van der Waals surface area contributed by atoms with Crippen molar-refractivity contribution in [1.29, 1.82) is 0 Å². The SMILES string of the molecule is CCCN1CCCC2(CCCN2Cc2ccc(C(C)C)cc2)C1=O. The number of benzene rings is 1. The molecule has 0 radical (unpaired) electrons. The molecule has 2 saturated heterocycles. The maximum atomic E-state index is 13.2. The van der Waals surface area contributed by atoms with E-state index in [1.165, 1.54) is 11.1 Å². The molecule has 132 valence electrons. The van der Waals surface area contributed by atoms with Gasteiger partial charge in [-0.15, -0.1) is 0 Å². The van der Waals surface area contributed by atoms with Gasteiger partial charge in [0.15, 0.2) is 0 Å². The molecule has 1 atom stereocenters. The molecule has 2 aliphatic rings. The van der Waals surface area contributed by atoms with E-state index in [1.807, 2.05) is 0 Å². The van der Waals surface area contributed by atoms with Crippen molar-refractivity contribution in [2.45, 2.75) is 70.9 Å². The van der Waals surface area contributed by atoms with Crippen molar-refractivity contribution in [2.75, 3.05) is 19.6 Å². The fourth-order valence-corrected chi connectivity index (χ4v) is 4.47. The fraction of sp³-hybridized carbons (Fsp3) is 0.667. The highest BCUT2D eigenvalue weighted by atomic mass is 16.2. The van der Waals surface area contributed by atoms with Crippen molar-refractivity contribution < 1.29 is 4.79 Å². The molecule has 2 heterocycles. The first-order valence-corrected chi connectivity index (χ1v) is 9.70. The molecule has 0 aliphatic carbocycles. The van der Waals surface area contributed by atoms with Gasteiger partial charge in [0.25, 0.3) is 0 Å². The van der Waals surface area contributed by atoms with Crippen LogP contribution in [-0.2, 0) is 11.3 Å². The number of amides is 1. The van der Waals surface area contributed by atoms with Crippen LogP contribution in [0.2, 0.25) is 0 Å². The quantitative estimate of drug-likeness (QED) is 0.809. The van der Waals surface area contributed by atoms with Crippen LogP contribution in [0.15, 0.2) is 24.3 Å². The minimum Gasteiger partial charge on any atom is -0.341 e. The smallest absolute Gasteiger partial charge is 0.243 e. The van der Waals surface area contributed by atoms with Gasteiger partial charge in [-0.2, -0.15) is 0 Å². The molecule has 0 bridgehead atoms. The van der Waals surface area contributed by atoms with Gasteiger partial charge in [-0.3, -0.25) is 9.69 Å². The van der Waals surface area contributed by atoms with Crippen LogP contribution in [0.3, 0.4) is 0 Å². The van der Waals surface area contributed by atoms with Gasteiger partial charge in [-0.05, 0) is 55.7 Å². The second-order valence-electron chi connectivity index (χ2n) is 7.85. The van der Waals surface area contributed by atoms with E-state index in [2.05, 4.69) is 54.8 Å². The lowest BCUT2D eigenvalue weighted by Crippen LogP contribution is -2.59. The average molecular weight is 329 g/mol. The molecule has 3 nitrogen and oxygen atoms in total. The van der Waals surface area contributed by atoms with Gasteiger partial charge >= 0.3 is 0 Å². The first kappa shape index (κ1) is 17.5. The predicted molar refractivity (Wildman–Crippen MR) is 99.0 cm³/mol. The summed E-state index contributed by atoms with van der Waals surface area (Å²) in [5.74, 6) is 0.964. The van der Waals surface area contributed by atoms with Gasteiger partial charge in [0.1, 0.15) is 5.54 Å². The molecular weight excluding hydrogens is 296 g/mol. The molecule has 1 aromatic carbocycles. The van der Waals surface area contributed by atoms with Crippen LogP contribution < -0.4 is 0 Å². The van der Waals surface area contributed by atoms with Crippen molar-refractivity contribution in [3.05, 3.63) is 35.4 Å². The van der Waals surface area contributed by atoms with Gasteiger partial charge in [-0.25, -0.2) is 0 Å². The van der Waals surface area contributed by atoms with E-state index in [-0.39, 0.29) is 5.54 Å².